The second-order valence-electron chi connectivity index (χ2n) is 8.07. The smallest absolute Gasteiger partial charge is 0.378 e. The summed E-state index contributed by atoms with van der Waals surface area (Å²) in [5.74, 6) is -1.22. The fraction of sp³-hybridized carbons (Fsp3) is 0.524. The summed E-state index contributed by atoms with van der Waals surface area (Å²) in [5.41, 5.74) is -0.169. The van der Waals surface area contributed by atoms with Gasteiger partial charge in [0, 0.05) is 32.3 Å². The second kappa shape index (κ2) is 9.13. The summed E-state index contributed by atoms with van der Waals surface area (Å²) in [6.45, 7) is 4.02. The summed E-state index contributed by atoms with van der Waals surface area (Å²) in [4.78, 5) is 39.9. The van der Waals surface area contributed by atoms with Crippen LogP contribution in [0.5, 0.6) is 5.88 Å². The summed E-state index contributed by atoms with van der Waals surface area (Å²) in [6, 6.07) is 0.0293. The largest absolute Gasteiger partial charge is 0.477 e. The molecular formula is C21H28N5O6+. The van der Waals surface area contributed by atoms with Crippen molar-refractivity contribution in [3.8, 4) is 5.88 Å². The number of nitrogens with one attached hydrogen (secondary N) is 2. The number of fused-ring (bicyclic) bond motifs is 1. The van der Waals surface area contributed by atoms with Crippen LogP contribution in [-0.4, -0.2) is 77.0 Å². The molecule has 0 radical (unpaired) electrons. The van der Waals surface area contributed by atoms with Crippen LogP contribution >= 0.6 is 0 Å². The number of ether oxygens (including phenoxy) is 2. The molecule has 2 fully saturated rings. The van der Waals surface area contributed by atoms with Crippen molar-refractivity contribution in [1.82, 2.24) is 19.8 Å². The van der Waals surface area contributed by atoms with Crippen LogP contribution in [0.1, 0.15) is 35.7 Å². The molecule has 1 saturated carbocycles. The zero-order valence-corrected chi connectivity index (χ0v) is 18.2. The summed E-state index contributed by atoms with van der Waals surface area (Å²) in [7, 11) is 1.54. The Balaban J connectivity index is 1.76. The maximum Gasteiger partial charge on any atom is 0.378 e. The first kappa shape index (κ1) is 22.0. The van der Waals surface area contributed by atoms with Gasteiger partial charge in [0.15, 0.2) is 0 Å². The Kier molecular flexibility index (Phi) is 6.28. The van der Waals surface area contributed by atoms with Crippen LogP contribution in [0.3, 0.4) is 0 Å². The molecule has 1 aliphatic carbocycles. The Bertz CT molecular complexity index is 1110. The van der Waals surface area contributed by atoms with Gasteiger partial charge in [0.1, 0.15) is 6.54 Å². The fourth-order valence-corrected chi connectivity index (χ4v) is 3.62. The predicted molar refractivity (Wildman–Crippen MR) is 113 cm³/mol. The number of nitrogens with zero attached hydrogens (tertiary/aromatic N) is 3. The molecule has 1 atom stereocenters. The van der Waals surface area contributed by atoms with E-state index in [-0.39, 0.29) is 30.2 Å². The molecule has 1 aliphatic heterocycles. The average molecular weight is 446 g/mol. The van der Waals surface area contributed by atoms with Gasteiger partial charge < -0.3 is 24.8 Å². The topological polar surface area (TPSA) is 129 Å². The first-order valence-corrected chi connectivity index (χ1v) is 10.7. The molecule has 2 amide bonds. The van der Waals surface area contributed by atoms with Crippen LogP contribution in [0.4, 0.5) is 0 Å². The number of carbonyl (C=O) groups is 2. The fourth-order valence-electron chi connectivity index (χ4n) is 3.62. The van der Waals surface area contributed by atoms with E-state index < -0.39 is 17.3 Å². The lowest BCUT2D eigenvalue weighted by molar-refractivity contribution is -0.687. The van der Waals surface area contributed by atoms with Gasteiger partial charge in [-0.2, -0.15) is 4.57 Å². The van der Waals surface area contributed by atoms with Gasteiger partial charge in [-0.05, 0) is 25.8 Å². The van der Waals surface area contributed by atoms with E-state index >= 15 is 0 Å². The number of rotatable bonds is 7. The maximum absolute atomic E-state index is 13.1. The van der Waals surface area contributed by atoms with Crippen molar-refractivity contribution in [1.29, 1.82) is 0 Å². The van der Waals surface area contributed by atoms with E-state index in [1.54, 1.807) is 17.2 Å². The molecule has 3 N–H and O–H groups in total. The van der Waals surface area contributed by atoms with Crippen molar-refractivity contribution in [3.63, 3.8) is 0 Å². The lowest BCUT2D eigenvalue weighted by Crippen LogP contribution is -2.47. The first-order chi connectivity index (χ1) is 15.4. The van der Waals surface area contributed by atoms with Crippen LogP contribution in [0.25, 0.3) is 11.7 Å². The number of amides is 2. The summed E-state index contributed by atoms with van der Waals surface area (Å²) in [6.07, 6.45) is 5.95. The molecule has 2 aliphatic rings. The minimum Gasteiger partial charge on any atom is -0.477 e. The van der Waals surface area contributed by atoms with Gasteiger partial charge in [0.05, 0.1) is 31.1 Å². The minimum atomic E-state index is -0.670. The van der Waals surface area contributed by atoms with E-state index in [1.165, 1.54) is 22.3 Å². The molecule has 2 aromatic heterocycles. The van der Waals surface area contributed by atoms with Crippen molar-refractivity contribution in [2.24, 2.45) is 0 Å². The van der Waals surface area contributed by atoms with Gasteiger partial charge in [0.2, 0.25) is 11.5 Å². The molecule has 11 heteroatoms. The predicted octanol–water partition coefficient (Wildman–Crippen LogP) is -0.580. The summed E-state index contributed by atoms with van der Waals surface area (Å²) in [5, 5.41) is 16.5. The molecular weight excluding hydrogens is 418 g/mol. The zero-order chi connectivity index (χ0) is 22.8. The number of methoxy groups -OCH3 is 1. The van der Waals surface area contributed by atoms with Crippen LogP contribution in [0.15, 0.2) is 17.1 Å². The molecule has 32 heavy (non-hydrogen) atoms. The van der Waals surface area contributed by atoms with Crippen LogP contribution in [0, 0.1) is 0 Å². The Labute approximate surface area is 184 Å². The lowest BCUT2D eigenvalue weighted by atomic mass is 10.2. The number of hydrogen-bond acceptors (Lipinski definition) is 6. The molecule has 0 spiro atoms. The third-order valence-corrected chi connectivity index (χ3v) is 5.68. The number of aromatic nitrogens is 3. The van der Waals surface area contributed by atoms with Gasteiger partial charge in [-0.15, -0.1) is 0 Å². The highest BCUT2D eigenvalue weighted by atomic mass is 16.5. The van der Waals surface area contributed by atoms with Crippen molar-refractivity contribution in [2.75, 3.05) is 33.4 Å². The summed E-state index contributed by atoms with van der Waals surface area (Å²) >= 11 is 0. The highest BCUT2D eigenvalue weighted by Gasteiger charge is 2.34. The lowest BCUT2D eigenvalue weighted by Gasteiger charge is -2.25. The van der Waals surface area contributed by atoms with E-state index in [0.29, 0.717) is 37.5 Å². The van der Waals surface area contributed by atoms with Gasteiger partial charge in [-0.3, -0.25) is 9.59 Å². The van der Waals surface area contributed by atoms with E-state index in [4.69, 9.17) is 9.47 Å². The molecule has 3 heterocycles. The number of H-pyrrole nitrogens is 1. The Hall–Kier alpha value is -3.18. The van der Waals surface area contributed by atoms with Gasteiger partial charge in [0.25, 0.3) is 5.91 Å². The molecule has 0 aromatic carbocycles. The Morgan fingerprint density at radius 1 is 1.41 bits per heavy atom. The minimum absolute atomic E-state index is 0.0293. The quantitative estimate of drug-likeness (QED) is 0.386. The molecule has 11 nitrogen and oxygen atoms in total. The van der Waals surface area contributed by atoms with E-state index in [9.17, 15) is 19.5 Å². The number of aromatic amines is 1. The average Bonchev–Trinajstić information content (AvgIpc) is 3.50. The molecule has 0 unspecified atom stereocenters. The van der Waals surface area contributed by atoms with Gasteiger partial charge >= 0.3 is 17.1 Å². The molecule has 0 bridgehead atoms. The Morgan fingerprint density at radius 2 is 2.12 bits per heavy atom. The van der Waals surface area contributed by atoms with Crippen molar-refractivity contribution >= 4 is 23.5 Å². The second-order valence-corrected chi connectivity index (χ2v) is 8.07. The van der Waals surface area contributed by atoms with E-state index in [0.717, 1.165) is 12.8 Å². The molecule has 1 saturated heterocycles. The Morgan fingerprint density at radius 3 is 2.78 bits per heavy atom. The van der Waals surface area contributed by atoms with Crippen LogP contribution in [-0.2, 0) is 20.8 Å². The van der Waals surface area contributed by atoms with Gasteiger partial charge in [-0.1, -0.05) is 4.52 Å². The zero-order valence-electron chi connectivity index (χ0n) is 18.2. The van der Waals surface area contributed by atoms with Crippen molar-refractivity contribution < 1.29 is 28.7 Å². The van der Waals surface area contributed by atoms with Crippen LogP contribution < -0.4 is 15.4 Å². The molecule has 2 aromatic rings. The highest BCUT2D eigenvalue weighted by molar-refractivity contribution is 5.96. The first-order valence-electron chi connectivity index (χ1n) is 10.7. The number of hydrogen-bond donors (Lipinski definition) is 3. The summed E-state index contributed by atoms with van der Waals surface area (Å²) < 4.78 is 13.3. The van der Waals surface area contributed by atoms with E-state index in [1.807, 2.05) is 6.92 Å². The number of carbonyl (C=O) groups excluding carboxylic acids is 2. The van der Waals surface area contributed by atoms with Crippen LogP contribution in [0.2, 0.25) is 0 Å². The maximum atomic E-state index is 13.1. The van der Waals surface area contributed by atoms with Gasteiger partial charge in [-0.25, -0.2) is 9.89 Å². The molecule has 4 rings (SSSR count). The molecule has 172 valence electrons. The third-order valence-electron chi connectivity index (χ3n) is 5.68. The monoisotopic (exact) mass is 446 g/mol. The van der Waals surface area contributed by atoms with Crippen molar-refractivity contribution in [3.05, 3.63) is 33.8 Å². The van der Waals surface area contributed by atoms with E-state index in [2.05, 4.69) is 10.4 Å². The standard InChI is InChI=1S/C21H27N5O6/c1-13(31-2)12-25-19-14(3-6-16(27)24-7-9-32-10-8-24)11-22-26(19)21(30)17(20(25)29)18(28)23-15-4-5-15/h3,6,11,13,15H,4-5,7-10,12H2,1-2H3,(H2,23,28,29,30)/p+1/b6-3+/t13-/m1/s1. The SMILES string of the molecule is CO[C@H](C)C[n+]1c(O)c(C(=O)NC2CC2)c(=O)n2[nH]cc(/C=C/C(=O)N3CCOCC3)c21. The highest BCUT2D eigenvalue weighted by Crippen LogP contribution is 2.21. The van der Waals surface area contributed by atoms with Crippen molar-refractivity contribution in [2.45, 2.75) is 38.5 Å². The normalized spacial score (nSPS) is 17.8. The number of morpholine rings is 1. The number of aromatic hydroxyl groups is 1. The third kappa shape index (κ3) is 4.39.